The Kier molecular flexibility index (Phi) is 5.13. The Labute approximate surface area is 193 Å². The van der Waals surface area contributed by atoms with Crippen LogP contribution in [0, 0.1) is 12.7 Å². The second kappa shape index (κ2) is 8.00. The molecule has 1 saturated heterocycles. The van der Waals surface area contributed by atoms with Gasteiger partial charge >= 0.3 is 0 Å². The van der Waals surface area contributed by atoms with Gasteiger partial charge in [0.25, 0.3) is 0 Å². The van der Waals surface area contributed by atoms with Crippen molar-refractivity contribution in [2.75, 3.05) is 36.8 Å². The Morgan fingerprint density at radius 1 is 1.24 bits per heavy atom. The molecule has 0 radical (unpaired) electrons. The van der Waals surface area contributed by atoms with Crippen molar-refractivity contribution in [3.05, 3.63) is 53.5 Å². The molecule has 0 spiro atoms. The minimum atomic E-state index is -0.571. The molecule has 1 aliphatic rings. The molecule has 1 fully saturated rings. The van der Waals surface area contributed by atoms with Gasteiger partial charge in [0, 0.05) is 48.1 Å². The van der Waals surface area contributed by atoms with Gasteiger partial charge in [0.1, 0.15) is 11.3 Å². The number of nitrogen functional groups attached to an aromatic ring is 1. The number of hydrogen-bond acceptors (Lipinski definition) is 6. The van der Waals surface area contributed by atoms with E-state index in [0.717, 1.165) is 10.9 Å². The lowest BCUT2D eigenvalue weighted by atomic mass is 9.96. The molecular formula is C23H21ClFN7O. The molecule has 33 heavy (non-hydrogen) atoms. The van der Waals surface area contributed by atoms with Crippen LogP contribution >= 0.6 is 11.6 Å². The number of amides is 1. The molecule has 3 heterocycles. The van der Waals surface area contributed by atoms with Gasteiger partial charge in [0.15, 0.2) is 5.82 Å². The van der Waals surface area contributed by atoms with Crippen molar-refractivity contribution >= 4 is 51.1 Å². The summed E-state index contributed by atoms with van der Waals surface area (Å²) in [6.07, 6.45) is 2.98. The Morgan fingerprint density at radius 2 is 2.00 bits per heavy atom. The van der Waals surface area contributed by atoms with Gasteiger partial charge in [-0.1, -0.05) is 30.3 Å². The maximum absolute atomic E-state index is 16.0. The predicted octanol–water partition coefficient (Wildman–Crippen LogP) is 3.69. The van der Waals surface area contributed by atoms with Crippen molar-refractivity contribution in [3.8, 4) is 11.1 Å². The molecule has 0 bridgehead atoms. The number of halogens is 2. The van der Waals surface area contributed by atoms with Gasteiger partial charge in [-0.25, -0.2) is 9.37 Å². The minimum Gasteiger partial charge on any atom is -0.368 e. The van der Waals surface area contributed by atoms with Crippen LogP contribution < -0.4 is 10.6 Å². The molecule has 4 aromatic rings. The average Bonchev–Trinajstić information content (AvgIpc) is 3.29. The van der Waals surface area contributed by atoms with Gasteiger partial charge in [-0.05, 0) is 24.6 Å². The molecule has 0 aliphatic carbocycles. The van der Waals surface area contributed by atoms with Crippen molar-refractivity contribution in [1.82, 2.24) is 25.1 Å². The summed E-state index contributed by atoms with van der Waals surface area (Å²) >= 11 is 6.67. The Morgan fingerprint density at radius 3 is 2.73 bits per heavy atom. The summed E-state index contributed by atoms with van der Waals surface area (Å²) in [5.74, 6) is -0.236. The average molecular weight is 466 g/mol. The molecule has 0 atom stereocenters. The van der Waals surface area contributed by atoms with Gasteiger partial charge in [-0.3, -0.25) is 9.89 Å². The zero-order chi connectivity index (χ0) is 23.3. The summed E-state index contributed by atoms with van der Waals surface area (Å²) in [6.45, 7) is 7.43. The number of carbonyl (C=O) groups is 1. The number of nitrogens with two attached hydrogens (primary N) is 1. The third-order valence-corrected chi connectivity index (χ3v) is 6.32. The summed E-state index contributed by atoms with van der Waals surface area (Å²) in [7, 11) is 0. The molecule has 0 saturated carbocycles. The molecule has 5 rings (SSSR count). The van der Waals surface area contributed by atoms with E-state index in [2.05, 4.69) is 26.7 Å². The molecule has 0 unspecified atom stereocenters. The SMILES string of the molecule is C=CC(=O)N1CCN(c2nc(N)nc3c(F)c(-c4c(C)ccc5cn[nH]c45)c(Cl)cc23)CC1. The highest BCUT2D eigenvalue weighted by atomic mass is 35.5. The molecule has 8 nitrogen and oxygen atoms in total. The predicted molar refractivity (Wildman–Crippen MR) is 128 cm³/mol. The van der Waals surface area contributed by atoms with E-state index < -0.39 is 5.82 Å². The fraction of sp³-hybridized carbons (Fsp3) is 0.217. The highest BCUT2D eigenvalue weighted by Gasteiger charge is 2.26. The minimum absolute atomic E-state index is 0.0364. The molecule has 2 aromatic carbocycles. The number of H-pyrrole nitrogens is 1. The lowest BCUT2D eigenvalue weighted by Gasteiger charge is -2.35. The first-order chi connectivity index (χ1) is 15.9. The van der Waals surface area contributed by atoms with E-state index >= 15 is 4.39 Å². The molecule has 1 aliphatic heterocycles. The second-order valence-electron chi connectivity index (χ2n) is 7.96. The number of aromatic nitrogens is 4. The highest BCUT2D eigenvalue weighted by Crippen LogP contribution is 2.41. The van der Waals surface area contributed by atoms with Crippen LogP contribution in [0.5, 0.6) is 0 Å². The van der Waals surface area contributed by atoms with E-state index in [-0.39, 0.29) is 28.0 Å². The number of rotatable bonds is 3. The van der Waals surface area contributed by atoms with Gasteiger partial charge in [0.2, 0.25) is 11.9 Å². The topological polar surface area (TPSA) is 104 Å². The van der Waals surface area contributed by atoms with E-state index in [0.29, 0.717) is 48.5 Å². The molecule has 3 N–H and O–H groups in total. The summed E-state index contributed by atoms with van der Waals surface area (Å²) in [5, 5.41) is 8.58. The number of piperazine rings is 1. The lowest BCUT2D eigenvalue weighted by Crippen LogP contribution is -2.48. The van der Waals surface area contributed by atoms with Gasteiger partial charge in [-0.2, -0.15) is 10.1 Å². The maximum atomic E-state index is 16.0. The largest absolute Gasteiger partial charge is 0.368 e. The van der Waals surface area contributed by atoms with E-state index in [4.69, 9.17) is 17.3 Å². The molecule has 2 aromatic heterocycles. The molecule has 10 heteroatoms. The van der Waals surface area contributed by atoms with Crippen LogP contribution in [0.25, 0.3) is 32.9 Å². The van der Waals surface area contributed by atoms with Gasteiger partial charge in [-0.15, -0.1) is 0 Å². The highest BCUT2D eigenvalue weighted by molar-refractivity contribution is 6.35. The zero-order valence-electron chi connectivity index (χ0n) is 17.9. The van der Waals surface area contributed by atoms with E-state index in [1.165, 1.54) is 6.08 Å². The normalized spacial score (nSPS) is 14.3. The third-order valence-electron chi connectivity index (χ3n) is 6.02. The maximum Gasteiger partial charge on any atom is 0.246 e. The number of anilines is 2. The second-order valence-corrected chi connectivity index (χ2v) is 8.36. The summed E-state index contributed by atoms with van der Waals surface area (Å²) in [4.78, 5) is 24.2. The molecule has 168 valence electrons. The summed E-state index contributed by atoms with van der Waals surface area (Å²) in [6, 6.07) is 5.50. The number of aromatic amines is 1. The number of nitrogens with zero attached hydrogens (tertiary/aromatic N) is 5. The quantitative estimate of drug-likeness (QED) is 0.447. The van der Waals surface area contributed by atoms with Crippen molar-refractivity contribution in [3.63, 3.8) is 0 Å². The van der Waals surface area contributed by atoms with Crippen LogP contribution in [-0.4, -0.2) is 57.2 Å². The summed E-state index contributed by atoms with van der Waals surface area (Å²) < 4.78 is 16.0. The van der Waals surface area contributed by atoms with Crippen LogP contribution in [0.1, 0.15) is 5.56 Å². The standard InChI is InChI=1S/C23H21ClFN7O/c1-3-16(33)31-6-8-32(9-7-31)22-14-10-15(24)18(19(25)21(14)28-23(26)29-22)17-12(2)4-5-13-11-27-30-20(13)17/h3-5,10-11H,1,6-9H2,2H3,(H,27,30)(H2,26,28,29). The number of carbonyl (C=O) groups excluding carboxylic acids is 1. The van der Waals surface area contributed by atoms with Gasteiger partial charge in [0.05, 0.1) is 16.7 Å². The van der Waals surface area contributed by atoms with Crippen LogP contribution in [0.4, 0.5) is 16.2 Å². The first kappa shape index (κ1) is 21.1. The number of nitrogens with one attached hydrogen (secondary N) is 1. The first-order valence-corrected chi connectivity index (χ1v) is 10.8. The molecular weight excluding hydrogens is 445 g/mol. The smallest absolute Gasteiger partial charge is 0.246 e. The molecule has 1 amide bonds. The fourth-order valence-electron chi connectivity index (χ4n) is 4.37. The summed E-state index contributed by atoms with van der Waals surface area (Å²) in [5.41, 5.74) is 8.49. The van der Waals surface area contributed by atoms with Crippen LogP contribution in [-0.2, 0) is 4.79 Å². The van der Waals surface area contributed by atoms with Crippen LogP contribution in [0.15, 0.2) is 37.1 Å². The lowest BCUT2D eigenvalue weighted by molar-refractivity contribution is -0.126. The van der Waals surface area contributed by atoms with E-state index in [9.17, 15) is 4.79 Å². The Balaban J connectivity index is 1.66. The Hall–Kier alpha value is -3.72. The number of aryl methyl sites for hydroxylation is 1. The zero-order valence-corrected chi connectivity index (χ0v) is 18.7. The van der Waals surface area contributed by atoms with Crippen LogP contribution in [0.3, 0.4) is 0 Å². The monoisotopic (exact) mass is 465 g/mol. The number of fused-ring (bicyclic) bond motifs is 2. The number of hydrogen-bond donors (Lipinski definition) is 2. The van der Waals surface area contributed by atoms with E-state index in [1.807, 2.05) is 24.0 Å². The van der Waals surface area contributed by atoms with Crippen molar-refractivity contribution < 1.29 is 9.18 Å². The van der Waals surface area contributed by atoms with Crippen molar-refractivity contribution in [2.45, 2.75) is 6.92 Å². The number of benzene rings is 2. The fourth-order valence-corrected chi connectivity index (χ4v) is 4.66. The van der Waals surface area contributed by atoms with Crippen LogP contribution in [0.2, 0.25) is 5.02 Å². The third kappa shape index (κ3) is 3.45. The van der Waals surface area contributed by atoms with Crippen molar-refractivity contribution in [1.29, 1.82) is 0 Å². The first-order valence-electron chi connectivity index (χ1n) is 10.4. The van der Waals surface area contributed by atoms with Crippen molar-refractivity contribution in [2.24, 2.45) is 0 Å². The van der Waals surface area contributed by atoms with Gasteiger partial charge < -0.3 is 15.5 Å². The Bertz CT molecular complexity index is 1430. The van der Waals surface area contributed by atoms with E-state index in [1.54, 1.807) is 17.2 Å².